The minimum atomic E-state index is -0.323. The molecule has 2 N–H and O–H groups in total. The van der Waals surface area contributed by atoms with Gasteiger partial charge in [0.2, 0.25) is 0 Å². The van der Waals surface area contributed by atoms with E-state index in [0.717, 1.165) is 25.9 Å². The van der Waals surface area contributed by atoms with Crippen LogP contribution in [0.25, 0.3) is 0 Å². The Morgan fingerprint density at radius 3 is 2.75 bits per heavy atom. The summed E-state index contributed by atoms with van der Waals surface area (Å²) in [6.07, 6.45) is 4.04. The first-order valence-corrected chi connectivity index (χ1v) is 9.16. The van der Waals surface area contributed by atoms with E-state index in [-0.39, 0.29) is 5.91 Å². The van der Waals surface area contributed by atoms with Gasteiger partial charge in [-0.3, -0.25) is 10.1 Å². The van der Waals surface area contributed by atoms with Gasteiger partial charge in [-0.05, 0) is 37.9 Å². The predicted octanol–water partition coefficient (Wildman–Crippen LogP) is 4.18. The van der Waals surface area contributed by atoms with Crippen LogP contribution in [0.4, 0.5) is 5.13 Å². The highest BCUT2D eigenvalue weighted by atomic mass is 35.5. The minimum Gasteiger partial charge on any atom is -0.496 e. The average molecular weight is 386 g/mol. The summed E-state index contributed by atoms with van der Waals surface area (Å²) in [7, 11) is 1.48. The summed E-state index contributed by atoms with van der Waals surface area (Å²) in [5.41, 5.74) is 0.325. The van der Waals surface area contributed by atoms with Crippen LogP contribution in [0.1, 0.15) is 34.0 Å². The largest absolute Gasteiger partial charge is 0.496 e. The molecule has 0 aliphatic carbocycles. The quantitative estimate of drug-likeness (QED) is 0.828. The molecule has 1 fully saturated rings. The van der Waals surface area contributed by atoms with Gasteiger partial charge in [-0.15, -0.1) is 11.3 Å². The van der Waals surface area contributed by atoms with Crippen molar-refractivity contribution in [2.24, 2.45) is 0 Å². The summed E-state index contributed by atoms with van der Waals surface area (Å²) in [6, 6.07) is 3.03. The highest BCUT2D eigenvalue weighted by Crippen LogP contribution is 2.33. The average Bonchev–Trinajstić information content (AvgIpc) is 3.06. The summed E-state index contributed by atoms with van der Waals surface area (Å²) in [4.78, 5) is 18.0. The van der Waals surface area contributed by atoms with Crippen LogP contribution in [0.3, 0.4) is 0 Å². The number of benzene rings is 1. The lowest BCUT2D eigenvalue weighted by Crippen LogP contribution is -2.26. The fourth-order valence-electron chi connectivity index (χ4n) is 2.68. The van der Waals surface area contributed by atoms with E-state index >= 15 is 0 Å². The van der Waals surface area contributed by atoms with Gasteiger partial charge in [-0.25, -0.2) is 4.98 Å². The molecule has 0 spiro atoms. The molecule has 0 radical (unpaired) electrons. The lowest BCUT2D eigenvalue weighted by atomic mass is 9.97. The first-order valence-electron chi connectivity index (χ1n) is 7.59. The Labute approximate surface area is 154 Å². The molecule has 128 valence electrons. The van der Waals surface area contributed by atoms with Crippen LogP contribution in [0.2, 0.25) is 10.0 Å². The van der Waals surface area contributed by atoms with Gasteiger partial charge in [0.05, 0.1) is 22.7 Å². The number of carbonyl (C=O) groups is 1. The number of halogens is 2. The zero-order valence-corrected chi connectivity index (χ0v) is 15.4. The van der Waals surface area contributed by atoms with Crippen molar-refractivity contribution in [2.45, 2.75) is 18.8 Å². The zero-order chi connectivity index (χ0) is 17.1. The fourth-order valence-corrected chi connectivity index (χ4v) is 3.98. The van der Waals surface area contributed by atoms with Crippen LogP contribution in [0.5, 0.6) is 5.75 Å². The molecular weight excluding hydrogens is 369 g/mol. The molecule has 0 bridgehead atoms. The van der Waals surface area contributed by atoms with Gasteiger partial charge < -0.3 is 10.1 Å². The van der Waals surface area contributed by atoms with Gasteiger partial charge in [-0.1, -0.05) is 23.2 Å². The third-order valence-electron chi connectivity index (χ3n) is 3.97. The van der Waals surface area contributed by atoms with E-state index in [4.69, 9.17) is 27.9 Å². The maximum absolute atomic E-state index is 12.5. The molecule has 1 aromatic carbocycles. The van der Waals surface area contributed by atoms with E-state index < -0.39 is 0 Å². The number of rotatable bonds is 4. The minimum absolute atomic E-state index is 0.303. The van der Waals surface area contributed by atoms with Gasteiger partial charge in [0, 0.05) is 17.1 Å². The highest BCUT2D eigenvalue weighted by Gasteiger charge is 2.20. The normalized spacial score (nSPS) is 15.3. The van der Waals surface area contributed by atoms with Crippen molar-refractivity contribution in [1.29, 1.82) is 0 Å². The molecule has 0 saturated carbocycles. The molecule has 1 amide bonds. The monoisotopic (exact) mass is 385 g/mol. The van der Waals surface area contributed by atoms with Crippen molar-refractivity contribution in [3.63, 3.8) is 0 Å². The Balaban J connectivity index is 1.75. The number of anilines is 1. The van der Waals surface area contributed by atoms with Crippen LogP contribution in [0, 0.1) is 0 Å². The molecule has 0 unspecified atom stereocenters. The second-order valence-electron chi connectivity index (χ2n) is 5.51. The molecule has 0 atom stereocenters. The topological polar surface area (TPSA) is 63.2 Å². The Bertz CT molecular complexity index is 745. The number of hydrogen-bond acceptors (Lipinski definition) is 5. The van der Waals surface area contributed by atoms with Crippen molar-refractivity contribution in [3.8, 4) is 5.75 Å². The lowest BCUT2D eigenvalue weighted by molar-refractivity contribution is 0.102. The number of carbonyl (C=O) groups excluding carboxylic acids is 1. The van der Waals surface area contributed by atoms with E-state index in [9.17, 15) is 4.79 Å². The number of hydrogen-bond donors (Lipinski definition) is 2. The number of nitrogens with one attached hydrogen (secondary N) is 2. The smallest absolute Gasteiger partial charge is 0.261 e. The van der Waals surface area contributed by atoms with Crippen molar-refractivity contribution in [3.05, 3.63) is 38.8 Å². The number of thiazole rings is 1. The van der Waals surface area contributed by atoms with Gasteiger partial charge >= 0.3 is 0 Å². The van der Waals surface area contributed by atoms with E-state index in [2.05, 4.69) is 15.6 Å². The number of methoxy groups -OCH3 is 1. The second kappa shape index (κ2) is 7.70. The third-order valence-corrected chi connectivity index (χ3v) is 5.77. The van der Waals surface area contributed by atoms with Crippen molar-refractivity contribution in [2.75, 3.05) is 25.5 Å². The Morgan fingerprint density at radius 1 is 1.33 bits per heavy atom. The molecule has 3 rings (SSSR count). The second-order valence-corrected chi connectivity index (χ2v) is 7.39. The predicted molar refractivity (Wildman–Crippen MR) is 97.9 cm³/mol. The summed E-state index contributed by atoms with van der Waals surface area (Å²) >= 11 is 13.5. The fraction of sp³-hybridized carbons (Fsp3) is 0.375. The Hall–Kier alpha value is -1.34. The van der Waals surface area contributed by atoms with Gasteiger partial charge in [0.1, 0.15) is 5.75 Å². The summed E-state index contributed by atoms with van der Waals surface area (Å²) in [6.45, 7) is 2.04. The maximum atomic E-state index is 12.5. The molecule has 1 aliphatic rings. The van der Waals surface area contributed by atoms with Gasteiger partial charge in [-0.2, -0.15) is 0 Å². The van der Waals surface area contributed by atoms with Crippen molar-refractivity contribution >= 4 is 45.6 Å². The molecule has 5 nitrogen and oxygen atoms in total. The molecule has 24 heavy (non-hydrogen) atoms. The van der Waals surface area contributed by atoms with Gasteiger partial charge in [0.25, 0.3) is 5.91 Å². The first-order chi connectivity index (χ1) is 11.6. The SMILES string of the molecule is COc1cc(Cl)c(Cl)cc1C(=O)Nc1ncc(C2CCNCC2)s1. The summed E-state index contributed by atoms with van der Waals surface area (Å²) < 4.78 is 5.21. The van der Waals surface area contributed by atoms with Crippen LogP contribution in [-0.2, 0) is 0 Å². The Morgan fingerprint density at radius 2 is 2.04 bits per heavy atom. The van der Waals surface area contributed by atoms with E-state index in [1.165, 1.54) is 35.5 Å². The van der Waals surface area contributed by atoms with Crippen LogP contribution >= 0.6 is 34.5 Å². The molecule has 1 aliphatic heterocycles. The lowest BCUT2D eigenvalue weighted by Gasteiger charge is -2.20. The molecular formula is C16H17Cl2N3O2S. The van der Waals surface area contributed by atoms with Crippen molar-refractivity contribution < 1.29 is 9.53 Å². The number of amides is 1. The zero-order valence-electron chi connectivity index (χ0n) is 13.1. The number of aromatic nitrogens is 1. The number of ether oxygens (including phenoxy) is 1. The number of nitrogens with zero attached hydrogens (tertiary/aromatic N) is 1. The number of piperidine rings is 1. The first kappa shape index (κ1) is 17.5. The molecule has 8 heteroatoms. The van der Waals surface area contributed by atoms with Crippen molar-refractivity contribution in [1.82, 2.24) is 10.3 Å². The maximum Gasteiger partial charge on any atom is 0.261 e. The standard InChI is InChI=1S/C16H17Cl2N3O2S/c1-23-13-7-12(18)11(17)6-10(13)15(22)21-16-20-8-14(24-16)9-2-4-19-5-3-9/h6-9,19H,2-5H2,1H3,(H,20,21,22). The van der Waals surface area contributed by atoms with Crippen LogP contribution < -0.4 is 15.4 Å². The van der Waals surface area contributed by atoms with E-state index in [1.54, 1.807) is 0 Å². The summed E-state index contributed by atoms with van der Waals surface area (Å²) in [5, 5.41) is 7.37. The van der Waals surface area contributed by atoms with Crippen LogP contribution in [-0.4, -0.2) is 31.1 Å². The van der Waals surface area contributed by atoms with Crippen LogP contribution in [0.15, 0.2) is 18.3 Å². The highest BCUT2D eigenvalue weighted by molar-refractivity contribution is 7.15. The molecule has 2 heterocycles. The Kier molecular flexibility index (Phi) is 5.61. The van der Waals surface area contributed by atoms with Gasteiger partial charge in [0.15, 0.2) is 5.13 Å². The third kappa shape index (κ3) is 3.83. The summed E-state index contributed by atoms with van der Waals surface area (Å²) in [5.74, 6) is 0.558. The molecule has 1 aromatic heterocycles. The molecule has 2 aromatic rings. The van der Waals surface area contributed by atoms with E-state index in [1.807, 2.05) is 6.20 Å². The van der Waals surface area contributed by atoms with E-state index in [0.29, 0.717) is 32.4 Å². The molecule has 1 saturated heterocycles.